The lowest BCUT2D eigenvalue weighted by Gasteiger charge is -2.11. The SMILES string of the molecule is COc1ccc(-c2ccc(C(=O)NCCC[C@@H]3CCOC3)cc2)cc1OC. The third-order valence-electron chi connectivity index (χ3n) is 4.96. The summed E-state index contributed by atoms with van der Waals surface area (Å²) in [5.41, 5.74) is 2.70. The number of ether oxygens (including phenoxy) is 3. The van der Waals surface area contributed by atoms with Crippen LogP contribution in [0.15, 0.2) is 42.5 Å². The highest BCUT2D eigenvalue weighted by atomic mass is 16.5. The number of methoxy groups -OCH3 is 2. The van der Waals surface area contributed by atoms with Gasteiger partial charge in [-0.25, -0.2) is 0 Å². The van der Waals surface area contributed by atoms with Gasteiger partial charge in [0.2, 0.25) is 0 Å². The lowest BCUT2D eigenvalue weighted by Crippen LogP contribution is -2.24. The molecule has 144 valence electrons. The molecule has 1 fully saturated rings. The second-order valence-electron chi connectivity index (χ2n) is 6.77. The van der Waals surface area contributed by atoms with Gasteiger partial charge in [0.1, 0.15) is 0 Å². The maximum absolute atomic E-state index is 12.3. The van der Waals surface area contributed by atoms with Gasteiger partial charge in [-0.15, -0.1) is 0 Å². The number of carbonyl (C=O) groups excluding carboxylic acids is 1. The van der Waals surface area contributed by atoms with Crippen LogP contribution in [0.25, 0.3) is 11.1 Å². The Hall–Kier alpha value is -2.53. The summed E-state index contributed by atoms with van der Waals surface area (Å²) in [4.78, 5) is 12.3. The fourth-order valence-corrected chi connectivity index (χ4v) is 3.34. The van der Waals surface area contributed by atoms with Gasteiger partial charge in [-0.3, -0.25) is 4.79 Å². The first-order chi connectivity index (χ1) is 13.2. The minimum absolute atomic E-state index is 0.0310. The third-order valence-corrected chi connectivity index (χ3v) is 4.96. The number of rotatable bonds is 8. The molecule has 0 aromatic heterocycles. The van der Waals surface area contributed by atoms with E-state index in [-0.39, 0.29) is 5.91 Å². The summed E-state index contributed by atoms with van der Waals surface area (Å²) in [5, 5.41) is 3.00. The molecular formula is C22H27NO4. The highest BCUT2D eigenvalue weighted by Crippen LogP contribution is 2.32. The Kier molecular flexibility index (Phi) is 6.71. The van der Waals surface area contributed by atoms with Crippen molar-refractivity contribution in [3.63, 3.8) is 0 Å². The van der Waals surface area contributed by atoms with E-state index in [1.54, 1.807) is 14.2 Å². The van der Waals surface area contributed by atoms with Gasteiger partial charge >= 0.3 is 0 Å². The summed E-state index contributed by atoms with van der Waals surface area (Å²) in [5.74, 6) is 2.00. The topological polar surface area (TPSA) is 56.8 Å². The monoisotopic (exact) mass is 369 g/mol. The van der Waals surface area contributed by atoms with Crippen molar-refractivity contribution in [1.82, 2.24) is 5.32 Å². The lowest BCUT2D eigenvalue weighted by atomic mass is 10.0. The third kappa shape index (κ3) is 5.01. The Morgan fingerprint density at radius 1 is 1.07 bits per heavy atom. The van der Waals surface area contributed by atoms with Crippen LogP contribution in [0.3, 0.4) is 0 Å². The molecule has 27 heavy (non-hydrogen) atoms. The van der Waals surface area contributed by atoms with Crippen LogP contribution >= 0.6 is 0 Å². The second-order valence-corrected chi connectivity index (χ2v) is 6.77. The normalized spacial score (nSPS) is 16.1. The van der Waals surface area contributed by atoms with Crippen molar-refractivity contribution >= 4 is 5.91 Å². The van der Waals surface area contributed by atoms with Crippen LogP contribution in [-0.4, -0.2) is 39.9 Å². The van der Waals surface area contributed by atoms with Crippen molar-refractivity contribution in [2.45, 2.75) is 19.3 Å². The number of amides is 1. The van der Waals surface area contributed by atoms with Gasteiger partial charge in [-0.1, -0.05) is 18.2 Å². The maximum Gasteiger partial charge on any atom is 0.251 e. The summed E-state index contributed by atoms with van der Waals surface area (Å²) < 4.78 is 16.0. The Labute approximate surface area is 160 Å². The minimum Gasteiger partial charge on any atom is -0.493 e. The van der Waals surface area contributed by atoms with Gasteiger partial charge in [0, 0.05) is 25.3 Å². The van der Waals surface area contributed by atoms with E-state index in [0.717, 1.165) is 43.6 Å². The van der Waals surface area contributed by atoms with Crippen molar-refractivity contribution in [3.05, 3.63) is 48.0 Å². The van der Waals surface area contributed by atoms with Crippen LogP contribution < -0.4 is 14.8 Å². The van der Waals surface area contributed by atoms with E-state index < -0.39 is 0 Å². The van der Waals surface area contributed by atoms with Crippen LogP contribution in [0, 0.1) is 5.92 Å². The molecule has 3 rings (SSSR count). The highest BCUT2D eigenvalue weighted by Gasteiger charge is 2.15. The van der Waals surface area contributed by atoms with Crippen LogP contribution in [0.2, 0.25) is 0 Å². The lowest BCUT2D eigenvalue weighted by molar-refractivity contribution is 0.0952. The molecule has 0 spiro atoms. The van der Waals surface area contributed by atoms with Crippen LogP contribution in [0.4, 0.5) is 0 Å². The molecule has 0 saturated carbocycles. The molecule has 0 radical (unpaired) electrons. The molecule has 2 aromatic rings. The molecule has 1 atom stereocenters. The van der Waals surface area contributed by atoms with E-state index in [9.17, 15) is 4.79 Å². The maximum atomic E-state index is 12.3. The number of hydrogen-bond acceptors (Lipinski definition) is 4. The molecule has 1 N–H and O–H groups in total. The fraction of sp³-hybridized carbons (Fsp3) is 0.409. The molecule has 1 amide bonds. The summed E-state index contributed by atoms with van der Waals surface area (Å²) in [6.07, 6.45) is 3.24. The van der Waals surface area contributed by atoms with Crippen molar-refractivity contribution in [1.29, 1.82) is 0 Å². The van der Waals surface area contributed by atoms with Crippen LogP contribution in [0.5, 0.6) is 11.5 Å². The first kappa shape index (κ1) is 19.2. The standard InChI is InChI=1S/C22H27NO4/c1-25-20-10-9-19(14-21(20)26-2)17-5-7-18(8-6-17)22(24)23-12-3-4-16-11-13-27-15-16/h5-10,14,16H,3-4,11-13,15H2,1-2H3,(H,23,24)/t16-/m1/s1. The Morgan fingerprint density at radius 3 is 2.48 bits per heavy atom. The molecule has 0 unspecified atom stereocenters. The summed E-state index contributed by atoms with van der Waals surface area (Å²) in [7, 11) is 3.24. The summed E-state index contributed by atoms with van der Waals surface area (Å²) >= 11 is 0. The average Bonchev–Trinajstić information content (AvgIpc) is 3.24. The van der Waals surface area contributed by atoms with Crippen molar-refractivity contribution < 1.29 is 19.0 Å². The zero-order chi connectivity index (χ0) is 19.1. The molecule has 0 bridgehead atoms. The molecule has 5 nitrogen and oxygen atoms in total. The first-order valence-electron chi connectivity index (χ1n) is 9.39. The van der Waals surface area contributed by atoms with Crippen LogP contribution in [0.1, 0.15) is 29.6 Å². The van der Waals surface area contributed by atoms with E-state index >= 15 is 0 Å². The second kappa shape index (κ2) is 9.42. The summed E-state index contributed by atoms with van der Waals surface area (Å²) in [6, 6.07) is 13.4. The molecule has 1 aliphatic heterocycles. The number of benzene rings is 2. The van der Waals surface area contributed by atoms with E-state index in [2.05, 4.69) is 5.32 Å². The van der Waals surface area contributed by atoms with Gasteiger partial charge in [0.15, 0.2) is 11.5 Å². The molecule has 5 heteroatoms. The van der Waals surface area contributed by atoms with E-state index in [1.165, 1.54) is 0 Å². The fourth-order valence-electron chi connectivity index (χ4n) is 3.34. The molecular weight excluding hydrogens is 342 g/mol. The van der Waals surface area contributed by atoms with Crippen molar-refractivity contribution in [3.8, 4) is 22.6 Å². The molecule has 2 aromatic carbocycles. The Morgan fingerprint density at radius 2 is 1.81 bits per heavy atom. The Balaban J connectivity index is 1.55. The smallest absolute Gasteiger partial charge is 0.251 e. The largest absolute Gasteiger partial charge is 0.493 e. The Bertz CT molecular complexity index is 751. The van der Waals surface area contributed by atoms with Crippen LogP contribution in [-0.2, 0) is 4.74 Å². The first-order valence-corrected chi connectivity index (χ1v) is 9.39. The highest BCUT2D eigenvalue weighted by molar-refractivity contribution is 5.94. The zero-order valence-electron chi connectivity index (χ0n) is 16.0. The summed E-state index contributed by atoms with van der Waals surface area (Å²) in [6.45, 7) is 2.45. The van der Waals surface area contributed by atoms with Gasteiger partial charge in [0.25, 0.3) is 5.91 Å². The number of nitrogens with one attached hydrogen (secondary N) is 1. The quantitative estimate of drug-likeness (QED) is 0.717. The minimum atomic E-state index is -0.0310. The zero-order valence-corrected chi connectivity index (χ0v) is 16.0. The van der Waals surface area contributed by atoms with Gasteiger partial charge in [-0.05, 0) is 60.6 Å². The number of carbonyl (C=O) groups is 1. The molecule has 1 aliphatic rings. The van der Waals surface area contributed by atoms with Gasteiger partial charge in [0.05, 0.1) is 14.2 Å². The molecule has 0 aliphatic carbocycles. The van der Waals surface area contributed by atoms with Gasteiger partial charge < -0.3 is 19.5 Å². The van der Waals surface area contributed by atoms with E-state index in [1.807, 2.05) is 42.5 Å². The predicted molar refractivity (Wildman–Crippen MR) is 105 cm³/mol. The number of hydrogen-bond donors (Lipinski definition) is 1. The van der Waals surface area contributed by atoms with Gasteiger partial charge in [-0.2, -0.15) is 0 Å². The van der Waals surface area contributed by atoms with Crippen molar-refractivity contribution in [2.75, 3.05) is 34.0 Å². The average molecular weight is 369 g/mol. The van der Waals surface area contributed by atoms with E-state index in [0.29, 0.717) is 29.5 Å². The molecule has 1 heterocycles. The van der Waals surface area contributed by atoms with E-state index in [4.69, 9.17) is 14.2 Å². The van der Waals surface area contributed by atoms with Crippen molar-refractivity contribution in [2.24, 2.45) is 5.92 Å². The molecule has 1 saturated heterocycles. The predicted octanol–water partition coefficient (Wildman–Crippen LogP) is 3.92.